The Morgan fingerprint density at radius 1 is 1.50 bits per heavy atom. The van der Waals surface area contributed by atoms with Crippen LogP contribution >= 0.6 is 0 Å². The van der Waals surface area contributed by atoms with Crippen LogP contribution in [0.4, 0.5) is 5.69 Å². The molecule has 0 fully saturated rings. The van der Waals surface area contributed by atoms with Crippen molar-refractivity contribution in [2.75, 3.05) is 11.4 Å². The maximum absolute atomic E-state index is 11.6. The lowest BCUT2D eigenvalue weighted by molar-refractivity contribution is -0.116. The molecule has 0 spiro atoms. The van der Waals surface area contributed by atoms with Gasteiger partial charge in [0.1, 0.15) is 0 Å². The van der Waals surface area contributed by atoms with Gasteiger partial charge in [-0.05, 0) is 36.5 Å². The molecule has 1 atom stereocenters. The van der Waals surface area contributed by atoms with E-state index in [2.05, 4.69) is 13.0 Å². The lowest BCUT2D eigenvalue weighted by Gasteiger charge is -2.29. The van der Waals surface area contributed by atoms with Crippen LogP contribution in [0.1, 0.15) is 50.3 Å². The lowest BCUT2D eigenvalue weighted by atomic mass is 9.96. The van der Waals surface area contributed by atoms with Crippen LogP contribution in [-0.2, 0) is 11.2 Å². The van der Waals surface area contributed by atoms with Crippen LogP contribution in [0, 0.1) is 0 Å². The lowest BCUT2D eigenvalue weighted by Crippen LogP contribution is -2.33. The van der Waals surface area contributed by atoms with Crippen molar-refractivity contribution in [1.82, 2.24) is 0 Å². The van der Waals surface area contributed by atoms with Gasteiger partial charge < -0.3 is 10.0 Å². The number of aliphatic hydroxyl groups excluding tert-OH is 1. The maximum Gasteiger partial charge on any atom is 0.223 e. The summed E-state index contributed by atoms with van der Waals surface area (Å²) in [6, 6.07) is 6.03. The number of aliphatic hydroxyl groups is 1. The molecule has 1 amide bonds. The van der Waals surface area contributed by atoms with E-state index in [1.54, 1.807) is 6.92 Å². The molecule has 1 aromatic carbocycles. The minimum Gasteiger partial charge on any atom is -0.388 e. The molecule has 0 aliphatic carbocycles. The number of carbonyl (C=O) groups is 1. The molecule has 1 aromatic rings. The molecule has 0 aromatic heterocycles. The monoisotopic (exact) mass is 247 g/mol. The fraction of sp³-hybridized carbons (Fsp3) is 0.533. The number of hydrogen-bond acceptors (Lipinski definition) is 2. The van der Waals surface area contributed by atoms with Gasteiger partial charge >= 0.3 is 0 Å². The summed E-state index contributed by atoms with van der Waals surface area (Å²) in [4.78, 5) is 13.5. The largest absolute Gasteiger partial charge is 0.388 e. The van der Waals surface area contributed by atoms with Crippen LogP contribution in [0.3, 0.4) is 0 Å². The highest BCUT2D eigenvalue weighted by Crippen LogP contribution is 2.31. The van der Waals surface area contributed by atoms with Gasteiger partial charge in [0.25, 0.3) is 0 Å². The second kappa shape index (κ2) is 5.53. The molecule has 3 nitrogen and oxygen atoms in total. The van der Waals surface area contributed by atoms with E-state index in [1.165, 1.54) is 5.56 Å². The van der Waals surface area contributed by atoms with Gasteiger partial charge in [-0.25, -0.2) is 0 Å². The quantitative estimate of drug-likeness (QED) is 0.892. The van der Waals surface area contributed by atoms with Gasteiger partial charge in [-0.2, -0.15) is 0 Å². The van der Waals surface area contributed by atoms with Crippen molar-refractivity contribution < 1.29 is 9.90 Å². The minimum absolute atomic E-state index is 0.0816. The van der Waals surface area contributed by atoms with E-state index in [0.717, 1.165) is 43.5 Å². The zero-order valence-corrected chi connectivity index (χ0v) is 11.1. The van der Waals surface area contributed by atoms with Gasteiger partial charge in [-0.15, -0.1) is 0 Å². The Morgan fingerprint density at radius 3 is 2.94 bits per heavy atom. The zero-order valence-electron chi connectivity index (χ0n) is 11.1. The van der Waals surface area contributed by atoms with E-state index in [0.29, 0.717) is 0 Å². The summed E-state index contributed by atoms with van der Waals surface area (Å²) in [5, 5.41) is 10.0. The Bertz CT molecular complexity index is 442. The summed E-state index contributed by atoms with van der Waals surface area (Å²) in [7, 11) is 0. The Kier molecular flexibility index (Phi) is 4.02. The fourth-order valence-corrected chi connectivity index (χ4v) is 2.57. The third-order valence-corrected chi connectivity index (χ3v) is 3.55. The number of hydrogen-bond donors (Lipinski definition) is 1. The molecule has 1 N–H and O–H groups in total. The Labute approximate surface area is 108 Å². The average molecular weight is 247 g/mol. The summed E-state index contributed by atoms with van der Waals surface area (Å²) in [5.41, 5.74) is 3.12. The summed E-state index contributed by atoms with van der Waals surface area (Å²) in [6.45, 7) is 4.45. The van der Waals surface area contributed by atoms with E-state index in [4.69, 9.17) is 0 Å². The Hall–Kier alpha value is -1.35. The Balaban J connectivity index is 2.33. The van der Waals surface area contributed by atoms with Crippen molar-refractivity contribution >= 4 is 11.6 Å². The van der Waals surface area contributed by atoms with Crippen LogP contribution in [0.25, 0.3) is 0 Å². The Morgan fingerprint density at radius 2 is 2.28 bits per heavy atom. The van der Waals surface area contributed by atoms with Gasteiger partial charge in [0.05, 0.1) is 6.10 Å². The third-order valence-electron chi connectivity index (χ3n) is 3.55. The third kappa shape index (κ3) is 2.56. The van der Waals surface area contributed by atoms with Gasteiger partial charge in [-0.1, -0.05) is 25.5 Å². The fourth-order valence-electron chi connectivity index (χ4n) is 2.57. The second-order valence-corrected chi connectivity index (χ2v) is 4.97. The highest BCUT2D eigenvalue weighted by Gasteiger charge is 2.21. The molecule has 2 rings (SSSR count). The van der Waals surface area contributed by atoms with Crippen molar-refractivity contribution in [2.45, 2.75) is 45.6 Å². The molecule has 0 bridgehead atoms. The summed E-state index contributed by atoms with van der Waals surface area (Å²) in [5.74, 6) is 0.0816. The van der Waals surface area contributed by atoms with Crippen molar-refractivity contribution in [3.63, 3.8) is 0 Å². The number of aryl methyl sites for hydroxylation is 1. The smallest absolute Gasteiger partial charge is 0.223 e. The molecule has 3 heteroatoms. The SMILES string of the molecule is CCCC(O)c1ccc2c(c1)N(C(C)=O)CCC2. The van der Waals surface area contributed by atoms with Crippen LogP contribution < -0.4 is 4.90 Å². The molecule has 1 heterocycles. The molecule has 1 aliphatic rings. The van der Waals surface area contributed by atoms with E-state index >= 15 is 0 Å². The molecule has 98 valence electrons. The van der Waals surface area contributed by atoms with Crippen molar-refractivity contribution in [1.29, 1.82) is 0 Å². The first-order valence-corrected chi connectivity index (χ1v) is 6.72. The zero-order chi connectivity index (χ0) is 13.1. The summed E-state index contributed by atoms with van der Waals surface area (Å²) in [6.07, 6.45) is 3.33. The number of rotatable bonds is 3. The predicted octanol–water partition coefficient (Wildman–Crippen LogP) is 2.82. The number of amides is 1. The summed E-state index contributed by atoms with van der Waals surface area (Å²) < 4.78 is 0. The molecule has 0 radical (unpaired) electrons. The van der Waals surface area contributed by atoms with Crippen molar-refractivity contribution in [3.8, 4) is 0 Å². The van der Waals surface area contributed by atoms with E-state index in [9.17, 15) is 9.90 Å². The molecular weight excluding hydrogens is 226 g/mol. The number of fused-ring (bicyclic) bond motifs is 1. The predicted molar refractivity (Wildman–Crippen MR) is 72.7 cm³/mol. The van der Waals surface area contributed by atoms with E-state index in [-0.39, 0.29) is 5.91 Å². The van der Waals surface area contributed by atoms with Gasteiger partial charge in [0.2, 0.25) is 5.91 Å². The van der Waals surface area contributed by atoms with Crippen molar-refractivity contribution in [3.05, 3.63) is 29.3 Å². The first-order chi connectivity index (χ1) is 8.63. The van der Waals surface area contributed by atoms with E-state index in [1.807, 2.05) is 17.0 Å². The van der Waals surface area contributed by atoms with Gasteiger partial charge in [0, 0.05) is 19.2 Å². The number of nitrogens with zero attached hydrogens (tertiary/aromatic N) is 1. The minimum atomic E-state index is -0.420. The van der Waals surface area contributed by atoms with Gasteiger partial charge in [-0.3, -0.25) is 4.79 Å². The molecule has 0 saturated heterocycles. The van der Waals surface area contributed by atoms with Crippen LogP contribution in [0.2, 0.25) is 0 Å². The van der Waals surface area contributed by atoms with Gasteiger partial charge in [0.15, 0.2) is 0 Å². The van der Waals surface area contributed by atoms with Crippen LogP contribution in [0.15, 0.2) is 18.2 Å². The molecule has 0 saturated carbocycles. The summed E-state index contributed by atoms with van der Waals surface area (Å²) >= 11 is 0. The van der Waals surface area contributed by atoms with Crippen LogP contribution in [-0.4, -0.2) is 17.6 Å². The first kappa shape index (κ1) is 13.1. The molecule has 1 aliphatic heterocycles. The highest BCUT2D eigenvalue weighted by molar-refractivity contribution is 5.92. The average Bonchev–Trinajstić information content (AvgIpc) is 2.37. The standard InChI is InChI=1S/C15H21NO2/c1-3-5-15(18)13-8-7-12-6-4-9-16(11(2)17)14(12)10-13/h7-8,10,15,18H,3-6,9H2,1-2H3. The number of benzene rings is 1. The topological polar surface area (TPSA) is 40.5 Å². The number of anilines is 1. The molecular formula is C15H21NO2. The maximum atomic E-state index is 11.6. The normalized spacial score (nSPS) is 16.3. The molecule has 18 heavy (non-hydrogen) atoms. The number of carbonyl (C=O) groups excluding carboxylic acids is 1. The van der Waals surface area contributed by atoms with Crippen molar-refractivity contribution in [2.24, 2.45) is 0 Å². The second-order valence-electron chi connectivity index (χ2n) is 4.97. The first-order valence-electron chi connectivity index (χ1n) is 6.72. The van der Waals surface area contributed by atoms with E-state index < -0.39 is 6.10 Å². The van der Waals surface area contributed by atoms with Crippen LogP contribution in [0.5, 0.6) is 0 Å². The highest BCUT2D eigenvalue weighted by atomic mass is 16.3. The molecule has 1 unspecified atom stereocenters.